The van der Waals surface area contributed by atoms with E-state index in [9.17, 15) is 14.9 Å². The number of halogens is 1. The maximum atomic E-state index is 11.2. The molecule has 0 radical (unpaired) electrons. The Balaban J connectivity index is 2.36. The number of nitro groups is 1. The van der Waals surface area contributed by atoms with Crippen LogP contribution in [-0.4, -0.2) is 23.3 Å². The molecule has 0 atom stereocenters. The summed E-state index contributed by atoms with van der Waals surface area (Å²) in [5.74, 6) is 0. The van der Waals surface area contributed by atoms with Crippen molar-refractivity contribution >= 4 is 28.2 Å². The van der Waals surface area contributed by atoms with Crippen molar-refractivity contribution < 1.29 is 9.72 Å². The number of nitrogens with zero attached hydrogens (tertiary/aromatic N) is 2. The van der Waals surface area contributed by atoms with Crippen LogP contribution in [0.25, 0.3) is 0 Å². The molecule has 2 rings (SSSR count). The normalized spacial score (nSPS) is 15.5. The molecule has 1 heterocycles. The van der Waals surface area contributed by atoms with Crippen molar-refractivity contribution in [2.24, 2.45) is 0 Å². The molecule has 0 aliphatic carbocycles. The van der Waals surface area contributed by atoms with Crippen LogP contribution in [0.2, 0.25) is 0 Å². The van der Waals surface area contributed by atoms with Gasteiger partial charge >= 0.3 is 0 Å². The largest absolute Gasteiger partial charge is 0.372 e. The summed E-state index contributed by atoms with van der Waals surface area (Å²) in [6, 6.07) is 4.53. The third kappa shape index (κ3) is 2.61. The summed E-state index contributed by atoms with van der Waals surface area (Å²) in [5.41, 5.74) is 0.546. The van der Waals surface area contributed by atoms with Gasteiger partial charge in [-0.3, -0.25) is 14.9 Å². The van der Waals surface area contributed by atoms with Gasteiger partial charge in [0, 0.05) is 24.8 Å². The maximum Gasteiger partial charge on any atom is 0.281 e. The van der Waals surface area contributed by atoms with E-state index in [-0.39, 0.29) is 11.3 Å². The highest BCUT2D eigenvalue weighted by atomic mass is 35.5. The number of nitro benzene ring substituents is 1. The van der Waals surface area contributed by atoms with Gasteiger partial charge in [-0.15, -0.1) is 0 Å². The number of hydrogen-bond donors (Lipinski definition) is 0. The van der Waals surface area contributed by atoms with Gasteiger partial charge in [0.15, 0.2) is 0 Å². The minimum Gasteiger partial charge on any atom is -0.372 e. The molecule has 1 aromatic rings. The van der Waals surface area contributed by atoms with Gasteiger partial charge in [0.1, 0.15) is 5.56 Å². The molecule has 0 unspecified atom stereocenters. The first-order valence-electron chi connectivity index (χ1n) is 5.83. The molecule has 0 saturated carbocycles. The van der Waals surface area contributed by atoms with E-state index in [2.05, 4.69) is 4.90 Å². The number of anilines is 1. The van der Waals surface area contributed by atoms with E-state index in [1.165, 1.54) is 18.6 Å². The predicted octanol–water partition coefficient (Wildman–Crippen LogP) is 2.96. The highest BCUT2D eigenvalue weighted by Gasteiger charge is 2.21. The van der Waals surface area contributed by atoms with Crippen LogP contribution < -0.4 is 4.90 Å². The van der Waals surface area contributed by atoms with Crippen molar-refractivity contribution in [2.75, 3.05) is 18.0 Å². The monoisotopic (exact) mass is 268 g/mol. The molecule has 0 bridgehead atoms. The zero-order valence-electron chi connectivity index (χ0n) is 9.76. The van der Waals surface area contributed by atoms with Crippen LogP contribution in [0.15, 0.2) is 18.2 Å². The molecular formula is C12H13ClN2O3. The lowest BCUT2D eigenvalue weighted by Crippen LogP contribution is -2.29. The van der Waals surface area contributed by atoms with E-state index < -0.39 is 10.2 Å². The van der Waals surface area contributed by atoms with Gasteiger partial charge in [-0.1, -0.05) is 0 Å². The topological polar surface area (TPSA) is 63.5 Å². The quantitative estimate of drug-likeness (QED) is 0.480. The Hall–Kier alpha value is -1.62. The summed E-state index contributed by atoms with van der Waals surface area (Å²) in [7, 11) is 0. The molecule has 1 saturated heterocycles. The van der Waals surface area contributed by atoms with Gasteiger partial charge in [0.05, 0.1) is 4.92 Å². The van der Waals surface area contributed by atoms with Gasteiger partial charge in [-0.05, 0) is 43.0 Å². The van der Waals surface area contributed by atoms with Crippen LogP contribution in [0.5, 0.6) is 0 Å². The van der Waals surface area contributed by atoms with Crippen LogP contribution >= 0.6 is 11.6 Å². The Morgan fingerprint density at radius 3 is 2.50 bits per heavy atom. The van der Waals surface area contributed by atoms with Gasteiger partial charge in [-0.2, -0.15) is 0 Å². The molecule has 1 aromatic carbocycles. The molecule has 1 aliphatic rings. The molecule has 6 heteroatoms. The van der Waals surface area contributed by atoms with Crippen LogP contribution in [0.3, 0.4) is 0 Å². The van der Waals surface area contributed by atoms with Crippen molar-refractivity contribution in [2.45, 2.75) is 19.3 Å². The number of carbonyl (C=O) groups excluding carboxylic acids is 1. The smallest absolute Gasteiger partial charge is 0.281 e. The number of carbonyl (C=O) groups is 1. The van der Waals surface area contributed by atoms with E-state index in [1.54, 1.807) is 6.07 Å². The SMILES string of the molecule is O=C(Cl)c1cc(N2CCCCC2)ccc1[N+](=O)[O-]. The molecule has 0 aromatic heterocycles. The van der Waals surface area contributed by atoms with Crippen molar-refractivity contribution in [3.05, 3.63) is 33.9 Å². The second-order valence-corrected chi connectivity index (χ2v) is 4.62. The molecule has 96 valence electrons. The Bertz CT molecular complexity index is 484. The fourth-order valence-electron chi connectivity index (χ4n) is 2.19. The van der Waals surface area contributed by atoms with Gasteiger partial charge < -0.3 is 4.90 Å². The highest BCUT2D eigenvalue weighted by molar-refractivity contribution is 6.68. The third-order valence-electron chi connectivity index (χ3n) is 3.11. The molecule has 0 amide bonds. The molecule has 0 N–H and O–H groups in total. The lowest BCUT2D eigenvalue weighted by atomic mass is 10.1. The Kier molecular flexibility index (Phi) is 3.81. The first kappa shape index (κ1) is 12.8. The van der Waals surface area contributed by atoms with E-state index in [1.807, 2.05) is 0 Å². The van der Waals surface area contributed by atoms with Crippen molar-refractivity contribution in [1.29, 1.82) is 0 Å². The standard InChI is InChI=1S/C12H13ClN2O3/c13-12(16)10-8-9(4-5-11(10)15(17)18)14-6-2-1-3-7-14/h4-5,8H,1-3,6-7H2. The van der Waals surface area contributed by atoms with E-state index in [0.29, 0.717) is 0 Å². The van der Waals surface area contributed by atoms with E-state index in [4.69, 9.17) is 11.6 Å². The molecule has 1 aliphatic heterocycles. The Morgan fingerprint density at radius 1 is 1.28 bits per heavy atom. The Morgan fingerprint density at radius 2 is 1.94 bits per heavy atom. The summed E-state index contributed by atoms with van der Waals surface area (Å²) in [6.07, 6.45) is 3.40. The second kappa shape index (κ2) is 5.35. The fraction of sp³-hybridized carbons (Fsp3) is 0.417. The predicted molar refractivity (Wildman–Crippen MR) is 69.3 cm³/mol. The van der Waals surface area contributed by atoms with Gasteiger partial charge in [-0.25, -0.2) is 0 Å². The zero-order chi connectivity index (χ0) is 13.1. The second-order valence-electron chi connectivity index (χ2n) is 4.28. The summed E-state index contributed by atoms with van der Waals surface area (Å²) in [5, 5.41) is 10.0. The van der Waals surface area contributed by atoms with Crippen LogP contribution in [0.1, 0.15) is 29.6 Å². The Labute approximate surface area is 109 Å². The number of benzene rings is 1. The van der Waals surface area contributed by atoms with E-state index >= 15 is 0 Å². The molecule has 0 spiro atoms. The maximum absolute atomic E-state index is 11.2. The molecule has 18 heavy (non-hydrogen) atoms. The lowest BCUT2D eigenvalue weighted by molar-refractivity contribution is -0.385. The lowest BCUT2D eigenvalue weighted by Gasteiger charge is -2.28. The van der Waals surface area contributed by atoms with Crippen molar-refractivity contribution in [3.63, 3.8) is 0 Å². The molecule has 5 nitrogen and oxygen atoms in total. The highest BCUT2D eigenvalue weighted by Crippen LogP contribution is 2.28. The zero-order valence-corrected chi connectivity index (χ0v) is 10.5. The minimum atomic E-state index is -0.791. The first-order valence-corrected chi connectivity index (χ1v) is 6.20. The van der Waals surface area contributed by atoms with Gasteiger partial charge in [0.25, 0.3) is 10.9 Å². The third-order valence-corrected chi connectivity index (χ3v) is 3.31. The average Bonchev–Trinajstić information content (AvgIpc) is 2.39. The fourth-order valence-corrected chi connectivity index (χ4v) is 2.34. The van der Waals surface area contributed by atoms with Crippen LogP contribution in [-0.2, 0) is 0 Å². The summed E-state index contributed by atoms with van der Waals surface area (Å²) in [4.78, 5) is 23.6. The minimum absolute atomic E-state index is 0.0373. The van der Waals surface area contributed by atoms with Gasteiger partial charge in [0.2, 0.25) is 0 Å². The first-order chi connectivity index (χ1) is 8.59. The van der Waals surface area contributed by atoms with Crippen LogP contribution in [0.4, 0.5) is 11.4 Å². The average molecular weight is 269 g/mol. The van der Waals surface area contributed by atoms with Crippen LogP contribution in [0, 0.1) is 10.1 Å². The molecule has 1 fully saturated rings. The number of piperidine rings is 1. The number of hydrogen-bond acceptors (Lipinski definition) is 4. The van der Waals surface area contributed by atoms with Crippen molar-refractivity contribution in [1.82, 2.24) is 0 Å². The summed E-state index contributed by atoms with van der Waals surface area (Å²) >= 11 is 5.40. The van der Waals surface area contributed by atoms with Crippen molar-refractivity contribution in [3.8, 4) is 0 Å². The summed E-state index contributed by atoms with van der Waals surface area (Å²) < 4.78 is 0. The van der Waals surface area contributed by atoms with E-state index in [0.717, 1.165) is 31.6 Å². The summed E-state index contributed by atoms with van der Waals surface area (Å²) in [6.45, 7) is 1.82. The molecular weight excluding hydrogens is 256 g/mol. The number of rotatable bonds is 3.